The molecular weight excluding hydrogens is 336 g/mol. The first kappa shape index (κ1) is 17.0. The molecule has 0 radical (unpaired) electrons. The smallest absolute Gasteiger partial charge is 0.255 e. The molecule has 128 valence electrons. The van der Waals surface area contributed by atoms with Crippen LogP contribution in [0.5, 0.6) is 0 Å². The van der Waals surface area contributed by atoms with Crippen LogP contribution in [0.25, 0.3) is 10.8 Å². The van der Waals surface area contributed by atoms with Gasteiger partial charge >= 0.3 is 0 Å². The van der Waals surface area contributed by atoms with E-state index in [9.17, 15) is 13.2 Å². The Labute approximate surface area is 146 Å². The van der Waals surface area contributed by atoms with Gasteiger partial charge in [0, 0.05) is 23.7 Å². The number of hydrogen-bond donors (Lipinski definition) is 1. The Hall–Kier alpha value is -2.86. The van der Waals surface area contributed by atoms with Crippen molar-refractivity contribution in [3.63, 3.8) is 0 Å². The predicted octanol–water partition coefficient (Wildman–Crippen LogP) is 3.49. The number of fused-ring (bicyclic) bond motifs is 1. The number of anilines is 2. The molecule has 0 saturated carbocycles. The Bertz CT molecular complexity index is 1020. The van der Waals surface area contributed by atoms with E-state index in [2.05, 4.69) is 5.32 Å². The third-order valence-corrected chi connectivity index (χ3v) is 5.23. The maximum atomic E-state index is 12.5. The minimum absolute atomic E-state index is 0.245. The number of benzene rings is 3. The lowest BCUT2D eigenvalue weighted by Gasteiger charge is -2.16. The molecule has 3 aromatic carbocycles. The van der Waals surface area contributed by atoms with E-state index in [1.54, 1.807) is 24.3 Å². The predicted molar refractivity (Wildman–Crippen MR) is 102 cm³/mol. The number of hydrogen-bond acceptors (Lipinski definition) is 3. The zero-order valence-corrected chi connectivity index (χ0v) is 14.7. The summed E-state index contributed by atoms with van der Waals surface area (Å²) in [6.07, 6.45) is 1.13. The van der Waals surface area contributed by atoms with E-state index in [1.807, 2.05) is 42.5 Å². The normalized spacial score (nSPS) is 11.3. The van der Waals surface area contributed by atoms with E-state index < -0.39 is 10.0 Å². The molecule has 5 nitrogen and oxygen atoms in total. The second-order valence-electron chi connectivity index (χ2n) is 5.76. The maximum absolute atomic E-state index is 12.5. The topological polar surface area (TPSA) is 66.5 Å². The lowest BCUT2D eigenvalue weighted by Crippen LogP contribution is -2.24. The first-order valence-electron chi connectivity index (χ1n) is 7.69. The Kier molecular flexibility index (Phi) is 4.46. The number of carbonyl (C=O) groups excluding carboxylic acids is 1. The molecule has 3 aromatic rings. The van der Waals surface area contributed by atoms with Crippen LogP contribution in [-0.4, -0.2) is 27.6 Å². The van der Waals surface area contributed by atoms with Crippen LogP contribution < -0.4 is 9.62 Å². The molecule has 0 unspecified atom stereocenters. The van der Waals surface area contributed by atoms with Crippen LogP contribution in [0.15, 0.2) is 66.7 Å². The second-order valence-corrected chi connectivity index (χ2v) is 7.77. The molecule has 0 aliphatic heterocycles. The molecular formula is C19H18N2O3S. The van der Waals surface area contributed by atoms with Gasteiger partial charge in [-0.15, -0.1) is 0 Å². The van der Waals surface area contributed by atoms with E-state index in [1.165, 1.54) is 11.4 Å². The van der Waals surface area contributed by atoms with Crippen LogP contribution in [0, 0.1) is 0 Å². The molecule has 0 aromatic heterocycles. The van der Waals surface area contributed by atoms with Gasteiger partial charge in [0.15, 0.2) is 0 Å². The van der Waals surface area contributed by atoms with Crippen molar-refractivity contribution >= 4 is 38.1 Å². The summed E-state index contributed by atoms with van der Waals surface area (Å²) < 4.78 is 24.3. The number of rotatable bonds is 4. The minimum atomic E-state index is -3.33. The lowest BCUT2D eigenvalue weighted by atomic mass is 10.1. The largest absolute Gasteiger partial charge is 0.321 e. The van der Waals surface area contributed by atoms with Crippen LogP contribution >= 0.6 is 0 Å². The van der Waals surface area contributed by atoms with E-state index in [0.717, 1.165) is 22.7 Å². The number of sulfonamides is 1. The van der Waals surface area contributed by atoms with Gasteiger partial charge in [-0.2, -0.15) is 0 Å². The monoisotopic (exact) mass is 354 g/mol. The van der Waals surface area contributed by atoms with Gasteiger partial charge in [0.05, 0.1) is 11.9 Å². The third-order valence-electron chi connectivity index (χ3n) is 4.03. The van der Waals surface area contributed by atoms with E-state index in [4.69, 9.17) is 0 Å². The van der Waals surface area contributed by atoms with Gasteiger partial charge in [-0.25, -0.2) is 8.42 Å². The van der Waals surface area contributed by atoms with Crippen LogP contribution in [-0.2, 0) is 10.0 Å². The van der Waals surface area contributed by atoms with Gasteiger partial charge in [0.1, 0.15) is 0 Å². The molecule has 0 spiro atoms. The average Bonchev–Trinajstić information content (AvgIpc) is 2.61. The van der Waals surface area contributed by atoms with Gasteiger partial charge in [0.2, 0.25) is 10.0 Å². The zero-order valence-electron chi connectivity index (χ0n) is 13.9. The van der Waals surface area contributed by atoms with Crippen molar-refractivity contribution in [2.45, 2.75) is 0 Å². The Balaban J connectivity index is 1.84. The molecule has 0 fully saturated rings. The molecule has 0 aliphatic rings. The number of nitrogens with zero attached hydrogens (tertiary/aromatic N) is 1. The van der Waals surface area contributed by atoms with E-state index in [0.29, 0.717) is 11.3 Å². The van der Waals surface area contributed by atoms with Crippen LogP contribution in [0.3, 0.4) is 0 Å². The maximum Gasteiger partial charge on any atom is 0.255 e. The SMILES string of the molecule is CN(c1ccc(C(=O)Nc2cccc3ccccc23)cc1)S(C)(=O)=O. The third kappa shape index (κ3) is 3.64. The molecule has 0 atom stereocenters. The first-order chi connectivity index (χ1) is 11.9. The highest BCUT2D eigenvalue weighted by Crippen LogP contribution is 2.24. The molecule has 6 heteroatoms. The number of amides is 1. The fourth-order valence-electron chi connectivity index (χ4n) is 2.54. The fourth-order valence-corrected chi connectivity index (χ4v) is 3.05. The average molecular weight is 354 g/mol. The summed E-state index contributed by atoms with van der Waals surface area (Å²) in [6.45, 7) is 0. The molecule has 1 amide bonds. The molecule has 0 aliphatic carbocycles. The Morgan fingerprint density at radius 3 is 2.24 bits per heavy atom. The lowest BCUT2D eigenvalue weighted by molar-refractivity contribution is 0.102. The highest BCUT2D eigenvalue weighted by molar-refractivity contribution is 7.92. The summed E-state index contributed by atoms with van der Waals surface area (Å²) in [5, 5.41) is 4.92. The van der Waals surface area contributed by atoms with Crippen LogP contribution in [0.1, 0.15) is 10.4 Å². The molecule has 1 N–H and O–H groups in total. The Morgan fingerprint density at radius 1 is 0.920 bits per heavy atom. The molecule has 0 heterocycles. The zero-order chi connectivity index (χ0) is 18.0. The van der Waals surface area contributed by atoms with Gasteiger partial charge in [-0.1, -0.05) is 36.4 Å². The van der Waals surface area contributed by atoms with Crippen molar-refractivity contribution in [1.82, 2.24) is 0 Å². The van der Waals surface area contributed by atoms with E-state index >= 15 is 0 Å². The Morgan fingerprint density at radius 2 is 1.56 bits per heavy atom. The summed E-state index contributed by atoms with van der Waals surface area (Å²) in [5.74, 6) is -0.245. The van der Waals surface area contributed by atoms with Crippen molar-refractivity contribution in [3.8, 4) is 0 Å². The first-order valence-corrected chi connectivity index (χ1v) is 9.54. The van der Waals surface area contributed by atoms with Crippen molar-refractivity contribution in [1.29, 1.82) is 0 Å². The van der Waals surface area contributed by atoms with E-state index in [-0.39, 0.29) is 5.91 Å². The van der Waals surface area contributed by atoms with Crippen molar-refractivity contribution in [3.05, 3.63) is 72.3 Å². The van der Waals surface area contributed by atoms with Crippen molar-refractivity contribution in [2.24, 2.45) is 0 Å². The molecule has 25 heavy (non-hydrogen) atoms. The quantitative estimate of drug-likeness (QED) is 0.780. The van der Waals surface area contributed by atoms with Crippen LogP contribution in [0.2, 0.25) is 0 Å². The minimum Gasteiger partial charge on any atom is -0.321 e. The summed E-state index contributed by atoms with van der Waals surface area (Å²) in [5.41, 5.74) is 1.70. The standard InChI is InChI=1S/C19H18N2O3S/c1-21(25(2,23)24)16-12-10-15(11-13-16)19(22)20-18-9-5-7-14-6-3-4-8-17(14)18/h3-13H,1-2H3,(H,20,22). The highest BCUT2D eigenvalue weighted by Gasteiger charge is 2.13. The van der Waals surface area contributed by atoms with Gasteiger partial charge in [-0.3, -0.25) is 9.10 Å². The highest BCUT2D eigenvalue weighted by atomic mass is 32.2. The van der Waals surface area contributed by atoms with Gasteiger partial charge < -0.3 is 5.32 Å². The van der Waals surface area contributed by atoms with Crippen molar-refractivity contribution in [2.75, 3.05) is 22.9 Å². The molecule has 0 bridgehead atoms. The molecule has 3 rings (SSSR count). The summed E-state index contributed by atoms with van der Waals surface area (Å²) in [4.78, 5) is 12.5. The summed E-state index contributed by atoms with van der Waals surface area (Å²) >= 11 is 0. The fraction of sp³-hybridized carbons (Fsp3) is 0.105. The number of nitrogens with one attached hydrogen (secondary N) is 1. The van der Waals surface area contributed by atoms with Crippen molar-refractivity contribution < 1.29 is 13.2 Å². The summed E-state index contributed by atoms with van der Waals surface area (Å²) in [7, 11) is -1.86. The second kappa shape index (κ2) is 6.57. The van der Waals surface area contributed by atoms with Crippen LogP contribution in [0.4, 0.5) is 11.4 Å². The summed E-state index contributed by atoms with van der Waals surface area (Å²) in [6, 6.07) is 20.0. The number of carbonyl (C=O) groups is 1. The van der Waals surface area contributed by atoms with Gasteiger partial charge in [-0.05, 0) is 35.7 Å². The molecule has 0 saturated heterocycles. The van der Waals surface area contributed by atoms with Gasteiger partial charge in [0.25, 0.3) is 5.91 Å².